The summed E-state index contributed by atoms with van der Waals surface area (Å²) in [6.07, 6.45) is 1.50. The number of carbonyl (C=O) groups is 2. The van der Waals surface area contributed by atoms with Gasteiger partial charge in [0.2, 0.25) is 0 Å². The first-order chi connectivity index (χ1) is 15.9. The van der Waals surface area contributed by atoms with Crippen LogP contribution in [0.5, 0.6) is 11.5 Å². The molecule has 3 rings (SSSR count). The molecule has 2 amide bonds. The fraction of sp³-hybridized carbons (Fsp3) is 0.125. The zero-order valence-corrected chi connectivity index (χ0v) is 21.1. The first-order valence-electron chi connectivity index (χ1n) is 9.81. The highest BCUT2D eigenvalue weighted by Gasteiger charge is 2.12. The van der Waals surface area contributed by atoms with E-state index < -0.39 is 0 Å². The van der Waals surface area contributed by atoms with Crippen LogP contribution in [-0.2, 0) is 4.79 Å². The molecule has 0 aliphatic rings. The summed E-state index contributed by atoms with van der Waals surface area (Å²) in [4.78, 5) is 24.4. The molecular formula is C24H21Br2N3O4. The zero-order chi connectivity index (χ0) is 23.8. The Morgan fingerprint density at radius 1 is 1.03 bits per heavy atom. The molecule has 2 N–H and O–H groups in total. The van der Waals surface area contributed by atoms with Gasteiger partial charge in [0.25, 0.3) is 11.8 Å². The monoisotopic (exact) mass is 573 g/mol. The van der Waals surface area contributed by atoms with Crippen LogP contribution in [0.1, 0.15) is 21.5 Å². The summed E-state index contributed by atoms with van der Waals surface area (Å²) in [5, 5.41) is 6.79. The third kappa shape index (κ3) is 7.16. The minimum absolute atomic E-state index is 0.158. The number of nitrogens with zero attached hydrogens (tertiary/aromatic N) is 1. The lowest BCUT2D eigenvalue weighted by Crippen LogP contribution is -2.20. The van der Waals surface area contributed by atoms with E-state index in [9.17, 15) is 9.59 Å². The second kappa shape index (κ2) is 11.6. The molecule has 3 aromatic carbocycles. The van der Waals surface area contributed by atoms with Crippen molar-refractivity contribution >= 4 is 55.6 Å². The van der Waals surface area contributed by atoms with Crippen molar-refractivity contribution in [1.29, 1.82) is 0 Å². The summed E-state index contributed by atoms with van der Waals surface area (Å²) in [7, 11) is 1.54. The SMILES string of the molecule is COc1cccc(C(=O)N/N=C/c2cc(Br)c(OCC(=O)Nc3ccc(C)cc3)c(Br)c2)c1. The number of methoxy groups -OCH3 is 1. The topological polar surface area (TPSA) is 89.0 Å². The van der Waals surface area contributed by atoms with Crippen molar-refractivity contribution in [3.05, 3.63) is 86.3 Å². The van der Waals surface area contributed by atoms with Gasteiger partial charge in [0, 0.05) is 11.3 Å². The van der Waals surface area contributed by atoms with Crippen LogP contribution in [-0.4, -0.2) is 31.7 Å². The minimum atomic E-state index is -0.358. The van der Waals surface area contributed by atoms with Crippen LogP contribution in [0.15, 0.2) is 74.7 Å². The van der Waals surface area contributed by atoms with Crippen molar-refractivity contribution in [1.82, 2.24) is 5.43 Å². The second-order valence-corrected chi connectivity index (χ2v) is 8.66. The number of ether oxygens (including phenoxy) is 2. The molecule has 9 heteroatoms. The van der Waals surface area contributed by atoms with Gasteiger partial charge in [-0.25, -0.2) is 5.43 Å². The summed E-state index contributed by atoms with van der Waals surface area (Å²) in [5.41, 5.74) is 5.43. The highest BCUT2D eigenvalue weighted by molar-refractivity contribution is 9.11. The van der Waals surface area contributed by atoms with Crippen LogP contribution in [0.25, 0.3) is 0 Å². The van der Waals surface area contributed by atoms with Gasteiger partial charge in [-0.2, -0.15) is 5.10 Å². The van der Waals surface area contributed by atoms with E-state index in [0.717, 1.165) is 5.56 Å². The highest BCUT2D eigenvalue weighted by Crippen LogP contribution is 2.34. The predicted molar refractivity (Wildman–Crippen MR) is 135 cm³/mol. The van der Waals surface area contributed by atoms with Crippen molar-refractivity contribution in [2.24, 2.45) is 5.10 Å². The van der Waals surface area contributed by atoms with Gasteiger partial charge in [0.1, 0.15) is 11.5 Å². The lowest BCUT2D eigenvalue weighted by atomic mass is 10.2. The Kier molecular flexibility index (Phi) is 8.62. The number of aryl methyl sites for hydroxylation is 1. The van der Waals surface area contributed by atoms with Crippen molar-refractivity contribution in [3.63, 3.8) is 0 Å². The molecule has 0 aliphatic carbocycles. The van der Waals surface area contributed by atoms with Crippen LogP contribution in [0.3, 0.4) is 0 Å². The van der Waals surface area contributed by atoms with E-state index in [0.29, 0.717) is 37.3 Å². The van der Waals surface area contributed by atoms with Crippen molar-refractivity contribution in [2.75, 3.05) is 19.0 Å². The molecule has 0 fully saturated rings. The maximum absolute atomic E-state index is 12.2. The number of nitrogens with one attached hydrogen (secondary N) is 2. The Labute approximate surface area is 208 Å². The zero-order valence-electron chi connectivity index (χ0n) is 17.9. The standard InChI is InChI=1S/C24H21Br2N3O4/c1-15-6-8-18(9-7-15)28-22(30)14-33-23-20(25)10-16(11-21(23)26)13-27-29-24(31)17-4-3-5-19(12-17)32-2/h3-13H,14H2,1-2H3,(H,28,30)(H,29,31)/b27-13+. The van der Waals surface area contributed by atoms with E-state index >= 15 is 0 Å². The molecule has 0 saturated heterocycles. The van der Waals surface area contributed by atoms with Gasteiger partial charge in [-0.3, -0.25) is 9.59 Å². The summed E-state index contributed by atoms with van der Waals surface area (Å²) in [6, 6.07) is 17.8. The van der Waals surface area contributed by atoms with Crippen LogP contribution in [0.4, 0.5) is 5.69 Å². The molecule has 0 spiro atoms. The number of hydrogen-bond acceptors (Lipinski definition) is 5. The maximum Gasteiger partial charge on any atom is 0.271 e. The van der Waals surface area contributed by atoms with Gasteiger partial charge in [0.15, 0.2) is 6.61 Å². The molecular weight excluding hydrogens is 554 g/mol. The fourth-order valence-corrected chi connectivity index (χ4v) is 4.21. The van der Waals surface area contributed by atoms with E-state index in [-0.39, 0.29) is 18.4 Å². The van der Waals surface area contributed by atoms with Crippen molar-refractivity contribution < 1.29 is 19.1 Å². The largest absolute Gasteiger partial charge is 0.497 e. The molecule has 0 heterocycles. The first-order valence-corrected chi connectivity index (χ1v) is 11.4. The number of carbonyl (C=O) groups excluding carboxylic acids is 2. The summed E-state index contributed by atoms with van der Waals surface area (Å²) in [6.45, 7) is 1.82. The molecule has 0 unspecified atom stereocenters. The van der Waals surface area contributed by atoms with Crippen LogP contribution in [0, 0.1) is 6.92 Å². The first kappa shape index (κ1) is 24.5. The van der Waals surface area contributed by atoms with Crippen LogP contribution >= 0.6 is 31.9 Å². The predicted octanol–water partition coefficient (Wildman–Crippen LogP) is 5.31. The van der Waals surface area contributed by atoms with Gasteiger partial charge in [-0.15, -0.1) is 0 Å². The molecule has 0 aromatic heterocycles. The number of rotatable bonds is 8. The summed E-state index contributed by atoms with van der Waals surface area (Å²) < 4.78 is 12.0. The van der Waals surface area contributed by atoms with Crippen LogP contribution in [0.2, 0.25) is 0 Å². The Morgan fingerprint density at radius 3 is 2.39 bits per heavy atom. The molecule has 33 heavy (non-hydrogen) atoms. The lowest BCUT2D eigenvalue weighted by molar-refractivity contribution is -0.118. The number of amides is 2. The smallest absolute Gasteiger partial charge is 0.271 e. The van der Waals surface area contributed by atoms with Gasteiger partial charge in [-0.05, 0) is 86.8 Å². The normalized spacial score (nSPS) is 10.7. The summed E-state index contributed by atoms with van der Waals surface area (Å²) >= 11 is 6.89. The number of halogens is 2. The fourth-order valence-electron chi connectivity index (χ4n) is 2.76. The van der Waals surface area contributed by atoms with Gasteiger partial charge < -0.3 is 14.8 Å². The average molecular weight is 575 g/mol. The van der Waals surface area contributed by atoms with Gasteiger partial charge >= 0.3 is 0 Å². The Hall–Kier alpha value is -3.17. The van der Waals surface area contributed by atoms with Crippen molar-refractivity contribution in [2.45, 2.75) is 6.92 Å². The Balaban J connectivity index is 1.58. The minimum Gasteiger partial charge on any atom is -0.497 e. The van der Waals surface area contributed by atoms with E-state index in [1.807, 2.05) is 31.2 Å². The quantitative estimate of drug-likeness (QED) is 0.282. The molecule has 170 valence electrons. The molecule has 0 saturated carbocycles. The number of anilines is 1. The van der Waals surface area contributed by atoms with E-state index in [2.05, 4.69) is 47.7 Å². The molecule has 0 aliphatic heterocycles. The maximum atomic E-state index is 12.2. The lowest BCUT2D eigenvalue weighted by Gasteiger charge is -2.11. The number of benzene rings is 3. The highest BCUT2D eigenvalue weighted by atomic mass is 79.9. The van der Waals surface area contributed by atoms with E-state index in [4.69, 9.17) is 9.47 Å². The second-order valence-electron chi connectivity index (χ2n) is 6.95. The number of hydrogen-bond donors (Lipinski definition) is 2. The molecule has 0 radical (unpaired) electrons. The number of hydrazone groups is 1. The summed E-state index contributed by atoms with van der Waals surface area (Å²) in [5.74, 6) is 0.431. The third-order valence-electron chi connectivity index (χ3n) is 4.42. The Morgan fingerprint density at radius 2 is 1.73 bits per heavy atom. The molecule has 0 atom stereocenters. The molecule has 3 aromatic rings. The van der Waals surface area contributed by atoms with E-state index in [1.165, 1.54) is 13.3 Å². The Bertz CT molecular complexity index is 1160. The van der Waals surface area contributed by atoms with Gasteiger partial charge in [-0.1, -0.05) is 23.8 Å². The van der Waals surface area contributed by atoms with Gasteiger partial charge in [0.05, 0.1) is 22.3 Å². The third-order valence-corrected chi connectivity index (χ3v) is 5.59. The molecule has 7 nitrogen and oxygen atoms in total. The van der Waals surface area contributed by atoms with Crippen molar-refractivity contribution in [3.8, 4) is 11.5 Å². The molecule has 0 bridgehead atoms. The van der Waals surface area contributed by atoms with Crippen LogP contribution < -0.4 is 20.2 Å². The van der Waals surface area contributed by atoms with E-state index in [1.54, 1.807) is 36.4 Å². The average Bonchev–Trinajstić information content (AvgIpc) is 2.80.